The number of hydrogen-bond acceptors (Lipinski definition) is 4. The summed E-state index contributed by atoms with van der Waals surface area (Å²) in [5.74, 6) is 1.29. The minimum atomic E-state index is 0.481. The first-order valence-corrected chi connectivity index (χ1v) is 7.65. The van der Waals surface area contributed by atoms with Crippen LogP contribution in [0.1, 0.15) is 32.1 Å². The average molecular weight is 248 g/mol. The van der Waals surface area contributed by atoms with Crippen molar-refractivity contribution in [3.05, 3.63) is 0 Å². The van der Waals surface area contributed by atoms with E-state index in [1.165, 1.54) is 25.0 Å². The number of unbranched alkanes of at least 4 members (excludes halogenated alkanes) is 2. The van der Waals surface area contributed by atoms with Crippen LogP contribution in [0.15, 0.2) is 0 Å². The molecular formula is C12H28N2OS. The molecule has 0 spiro atoms. The molecule has 0 amide bonds. The van der Waals surface area contributed by atoms with Gasteiger partial charge >= 0.3 is 0 Å². The first-order chi connectivity index (χ1) is 7.85. The maximum absolute atomic E-state index is 5.51. The SMILES string of the molecule is COCC(CCCN)NCCCCCSC. The summed E-state index contributed by atoms with van der Waals surface area (Å²) in [4.78, 5) is 0. The van der Waals surface area contributed by atoms with E-state index in [4.69, 9.17) is 10.5 Å². The lowest BCUT2D eigenvalue weighted by molar-refractivity contribution is 0.161. The molecule has 0 saturated carbocycles. The highest BCUT2D eigenvalue weighted by atomic mass is 32.2. The first-order valence-electron chi connectivity index (χ1n) is 6.26. The quantitative estimate of drug-likeness (QED) is 0.518. The number of nitrogens with two attached hydrogens (primary N) is 1. The Morgan fingerprint density at radius 2 is 2.06 bits per heavy atom. The Bertz CT molecular complexity index is 136. The van der Waals surface area contributed by atoms with Crippen molar-refractivity contribution in [1.29, 1.82) is 0 Å². The van der Waals surface area contributed by atoms with Crippen molar-refractivity contribution in [2.75, 3.05) is 38.8 Å². The van der Waals surface area contributed by atoms with Crippen LogP contribution in [0, 0.1) is 0 Å². The van der Waals surface area contributed by atoms with Gasteiger partial charge in [-0.15, -0.1) is 0 Å². The minimum Gasteiger partial charge on any atom is -0.383 e. The molecule has 1 atom stereocenters. The fourth-order valence-corrected chi connectivity index (χ4v) is 2.16. The van der Waals surface area contributed by atoms with E-state index in [0.29, 0.717) is 6.04 Å². The van der Waals surface area contributed by atoms with Crippen LogP contribution in [0.5, 0.6) is 0 Å². The molecule has 3 N–H and O–H groups in total. The topological polar surface area (TPSA) is 47.3 Å². The second kappa shape index (κ2) is 13.3. The van der Waals surface area contributed by atoms with Crippen LogP contribution in [-0.4, -0.2) is 44.9 Å². The summed E-state index contributed by atoms with van der Waals surface area (Å²) in [7, 11) is 1.76. The van der Waals surface area contributed by atoms with Crippen molar-refractivity contribution in [3.8, 4) is 0 Å². The highest BCUT2D eigenvalue weighted by molar-refractivity contribution is 7.98. The number of hydrogen-bond donors (Lipinski definition) is 2. The molecule has 0 aromatic rings. The number of methoxy groups -OCH3 is 1. The van der Waals surface area contributed by atoms with Gasteiger partial charge in [0.2, 0.25) is 0 Å². The fraction of sp³-hybridized carbons (Fsp3) is 1.00. The molecule has 0 aromatic heterocycles. The Morgan fingerprint density at radius 1 is 1.25 bits per heavy atom. The summed E-state index contributed by atoms with van der Waals surface area (Å²) >= 11 is 1.93. The predicted molar refractivity (Wildman–Crippen MR) is 74.2 cm³/mol. The van der Waals surface area contributed by atoms with Gasteiger partial charge in [0.15, 0.2) is 0 Å². The van der Waals surface area contributed by atoms with E-state index in [9.17, 15) is 0 Å². The lowest BCUT2D eigenvalue weighted by Gasteiger charge is -2.17. The van der Waals surface area contributed by atoms with Crippen molar-refractivity contribution >= 4 is 11.8 Å². The maximum atomic E-state index is 5.51. The molecule has 0 aliphatic heterocycles. The van der Waals surface area contributed by atoms with Crippen molar-refractivity contribution in [2.45, 2.75) is 38.1 Å². The third-order valence-corrected chi connectivity index (χ3v) is 3.28. The molecule has 98 valence electrons. The van der Waals surface area contributed by atoms with Crippen LogP contribution in [0.2, 0.25) is 0 Å². The molecule has 0 radical (unpaired) electrons. The van der Waals surface area contributed by atoms with Gasteiger partial charge in [0.05, 0.1) is 6.61 Å². The zero-order valence-electron chi connectivity index (χ0n) is 10.8. The monoisotopic (exact) mass is 248 g/mol. The van der Waals surface area contributed by atoms with Crippen molar-refractivity contribution < 1.29 is 4.74 Å². The Labute approximate surface area is 105 Å². The number of nitrogens with one attached hydrogen (secondary N) is 1. The number of ether oxygens (including phenoxy) is 1. The normalized spacial score (nSPS) is 12.9. The number of thioether (sulfide) groups is 1. The largest absolute Gasteiger partial charge is 0.383 e. The van der Waals surface area contributed by atoms with Crippen LogP contribution in [-0.2, 0) is 4.74 Å². The van der Waals surface area contributed by atoms with E-state index < -0.39 is 0 Å². The Kier molecular flexibility index (Phi) is 13.5. The van der Waals surface area contributed by atoms with Gasteiger partial charge in [0, 0.05) is 13.2 Å². The van der Waals surface area contributed by atoms with Gasteiger partial charge in [-0.25, -0.2) is 0 Å². The summed E-state index contributed by atoms with van der Waals surface area (Å²) in [5.41, 5.74) is 5.51. The lowest BCUT2D eigenvalue weighted by atomic mass is 10.1. The summed E-state index contributed by atoms with van der Waals surface area (Å²) in [5, 5.41) is 3.55. The molecule has 0 fully saturated rings. The van der Waals surface area contributed by atoms with Gasteiger partial charge in [-0.1, -0.05) is 6.42 Å². The third-order valence-electron chi connectivity index (χ3n) is 2.58. The van der Waals surface area contributed by atoms with Crippen molar-refractivity contribution in [1.82, 2.24) is 5.32 Å². The average Bonchev–Trinajstić information content (AvgIpc) is 2.30. The molecule has 0 aliphatic rings. The molecule has 0 aromatic carbocycles. The van der Waals surface area contributed by atoms with Crippen molar-refractivity contribution in [2.24, 2.45) is 5.73 Å². The molecule has 4 heteroatoms. The van der Waals surface area contributed by atoms with E-state index in [1.54, 1.807) is 7.11 Å². The van der Waals surface area contributed by atoms with Crippen LogP contribution in [0.25, 0.3) is 0 Å². The van der Waals surface area contributed by atoms with E-state index in [1.807, 2.05) is 11.8 Å². The first kappa shape index (κ1) is 16.2. The summed E-state index contributed by atoms with van der Waals surface area (Å²) in [6.45, 7) is 2.67. The standard InChI is InChI=1S/C12H28N2OS/c1-15-11-12(7-6-8-13)14-9-4-3-5-10-16-2/h12,14H,3-11,13H2,1-2H3. The maximum Gasteiger partial charge on any atom is 0.0615 e. The zero-order chi connectivity index (χ0) is 12.1. The molecule has 0 rings (SSSR count). The van der Waals surface area contributed by atoms with E-state index in [2.05, 4.69) is 11.6 Å². The predicted octanol–water partition coefficient (Wildman–Crippen LogP) is 1.86. The third kappa shape index (κ3) is 10.7. The molecular weight excluding hydrogens is 220 g/mol. The van der Waals surface area contributed by atoms with Gasteiger partial charge in [0.1, 0.15) is 0 Å². The smallest absolute Gasteiger partial charge is 0.0615 e. The summed E-state index contributed by atoms with van der Waals surface area (Å²) in [6.07, 6.45) is 8.29. The zero-order valence-corrected chi connectivity index (χ0v) is 11.7. The van der Waals surface area contributed by atoms with Crippen LogP contribution in [0.3, 0.4) is 0 Å². The summed E-state index contributed by atoms with van der Waals surface area (Å²) in [6, 6.07) is 0.481. The van der Waals surface area contributed by atoms with Crippen molar-refractivity contribution in [3.63, 3.8) is 0 Å². The van der Waals surface area contributed by atoms with Crippen LogP contribution < -0.4 is 11.1 Å². The minimum absolute atomic E-state index is 0.481. The van der Waals surface area contributed by atoms with Gasteiger partial charge in [-0.05, 0) is 50.8 Å². The fourth-order valence-electron chi connectivity index (χ4n) is 1.66. The summed E-state index contributed by atoms with van der Waals surface area (Å²) < 4.78 is 5.19. The van der Waals surface area contributed by atoms with Gasteiger partial charge in [-0.2, -0.15) is 11.8 Å². The number of rotatable bonds is 12. The highest BCUT2D eigenvalue weighted by Crippen LogP contribution is 2.02. The lowest BCUT2D eigenvalue weighted by Crippen LogP contribution is -2.34. The van der Waals surface area contributed by atoms with Crippen LogP contribution in [0.4, 0.5) is 0 Å². The Morgan fingerprint density at radius 3 is 2.69 bits per heavy atom. The van der Waals surface area contributed by atoms with E-state index in [0.717, 1.165) is 32.5 Å². The van der Waals surface area contributed by atoms with Gasteiger partial charge < -0.3 is 15.8 Å². The second-order valence-corrected chi connectivity index (χ2v) is 5.08. The second-order valence-electron chi connectivity index (χ2n) is 4.09. The van der Waals surface area contributed by atoms with E-state index >= 15 is 0 Å². The molecule has 1 unspecified atom stereocenters. The van der Waals surface area contributed by atoms with Crippen LogP contribution >= 0.6 is 11.8 Å². The van der Waals surface area contributed by atoms with Gasteiger partial charge in [0.25, 0.3) is 0 Å². The molecule has 0 heterocycles. The highest BCUT2D eigenvalue weighted by Gasteiger charge is 2.06. The van der Waals surface area contributed by atoms with E-state index in [-0.39, 0.29) is 0 Å². The molecule has 0 saturated heterocycles. The molecule has 0 bridgehead atoms. The van der Waals surface area contributed by atoms with Gasteiger partial charge in [-0.3, -0.25) is 0 Å². The molecule has 0 aliphatic carbocycles. The Balaban J connectivity index is 3.36. The molecule has 16 heavy (non-hydrogen) atoms. The Hall–Kier alpha value is 0.230. The molecule has 3 nitrogen and oxygen atoms in total.